The fraction of sp³-hybridized carbons (Fsp3) is 0.261. The quantitative estimate of drug-likeness (QED) is 0.607. The van der Waals surface area contributed by atoms with Gasteiger partial charge in [-0.15, -0.1) is 0 Å². The summed E-state index contributed by atoms with van der Waals surface area (Å²) in [5, 5.41) is 0.642. The van der Waals surface area contributed by atoms with Crippen molar-refractivity contribution in [3.63, 3.8) is 0 Å². The van der Waals surface area contributed by atoms with E-state index in [1.54, 1.807) is 6.07 Å². The largest absolute Gasteiger partial charge is 0.457 e. The molecule has 0 saturated carbocycles. The Labute approximate surface area is 164 Å². The van der Waals surface area contributed by atoms with E-state index in [4.69, 9.17) is 16.3 Å². The van der Waals surface area contributed by atoms with Crippen molar-refractivity contribution in [1.82, 2.24) is 4.98 Å². The van der Waals surface area contributed by atoms with Gasteiger partial charge in [0.15, 0.2) is 5.43 Å². The zero-order valence-corrected chi connectivity index (χ0v) is 16.3. The summed E-state index contributed by atoms with van der Waals surface area (Å²) in [6.45, 7) is 3.95. The number of aryl methyl sites for hydroxylation is 3. The number of aromatic nitrogens is 1. The zero-order chi connectivity index (χ0) is 19.0. The summed E-state index contributed by atoms with van der Waals surface area (Å²) in [4.78, 5) is 16.6. The van der Waals surface area contributed by atoms with Crippen LogP contribution in [-0.2, 0) is 12.8 Å². The molecule has 27 heavy (non-hydrogen) atoms. The van der Waals surface area contributed by atoms with Crippen LogP contribution >= 0.6 is 11.6 Å². The molecule has 0 unspecified atom stereocenters. The number of nitrogens with one attached hydrogen (secondary N) is 1. The standard InChI is InChI=1S/C23H22ClNO2/c1-14-10-17(24)13-19(11-14)27-18-7-5-6-16(12-18)22-15(2)25-21-9-4-3-8-20(21)23(22)26/h5-7,10-13H,3-4,8-9H2,1-2H3,(H,25,26). The van der Waals surface area contributed by atoms with Crippen LogP contribution in [0.4, 0.5) is 0 Å². The average Bonchev–Trinajstić information content (AvgIpc) is 2.61. The normalized spacial score (nSPS) is 13.3. The Morgan fingerprint density at radius 3 is 2.63 bits per heavy atom. The van der Waals surface area contributed by atoms with Crippen molar-refractivity contribution >= 4 is 11.6 Å². The monoisotopic (exact) mass is 379 g/mol. The third-order valence-corrected chi connectivity index (χ3v) is 5.27. The van der Waals surface area contributed by atoms with Crippen molar-refractivity contribution in [2.75, 3.05) is 0 Å². The number of hydrogen-bond acceptors (Lipinski definition) is 2. The molecular weight excluding hydrogens is 358 g/mol. The molecule has 3 nitrogen and oxygen atoms in total. The smallest absolute Gasteiger partial charge is 0.193 e. The molecule has 1 aliphatic rings. The van der Waals surface area contributed by atoms with Gasteiger partial charge in [-0.1, -0.05) is 23.7 Å². The van der Waals surface area contributed by atoms with Crippen LogP contribution in [0.1, 0.15) is 35.4 Å². The number of rotatable bonds is 3. The van der Waals surface area contributed by atoms with Gasteiger partial charge < -0.3 is 9.72 Å². The molecule has 1 aliphatic carbocycles. The van der Waals surface area contributed by atoms with Crippen LogP contribution in [0.2, 0.25) is 5.02 Å². The topological polar surface area (TPSA) is 42.1 Å². The first-order chi connectivity index (χ1) is 13.0. The average molecular weight is 380 g/mol. The number of aromatic amines is 1. The maximum atomic E-state index is 13.1. The second kappa shape index (κ2) is 7.24. The Hall–Kier alpha value is -2.52. The number of ether oxygens (including phenoxy) is 1. The van der Waals surface area contributed by atoms with Crippen molar-refractivity contribution in [3.8, 4) is 22.6 Å². The van der Waals surface area contributed by atoms with E-state index in [2.05, 4.69) is 4.98 Å². The lowest BCUT2D eigenvalue weighted by Crippen LogP contribution is -2.21. The number of pyridine rings is 1. The van der Waals surface area contributed by atoms with Crippen molar-refractivity contribution in [2.45, 2.75) is 39.5 Å². The molecule has 0 bridgehead atoms. The highest BCUT2D eigenvalue weighted by Crippen LogP contribution is 2.30. The third kappa shape index (κ3) is 3.65. The Bertz CT molecular complexity index is 1050. The van der Waals surface area contributed by atoms with Crippen LogP contribution in [0.3, 0.4) is 0 Å². The molecule has 1 aromatic heterocycles. The lowest BCUT2D eigenvalue weighted by atomic mass is 9.91. The highest BCUT2D eigenvalue weighted by molar-refractivity contribution is 6.30. The van der Waals surface area contributed by atoms with Gasteiger partial charge in [0.2, 0.25) is 0 Å². The molecule has 1 N–H and O–H groups in total. The van der Waals surface area contributed by atoms with Gasteiger partial charge in [0, 0.05) is 27.5 Å². The molecule has 2 aromatic carbocycles. The first-order valence-electron chi connectivity index (χ1n) is 9.31. The van der Waals surface area contributed by atoms with Gasteiger partial charge in [-0.25, -0.2) is 0 Å². The highest BCUT2D eigenvalue weighted by atomic mass is 35.5. The number of fused-ring (bicyclic) bond motifs is 1. The van der Waals surface area contributed by atoms with Gasteiger partial charge in [-0.05, 0) is 81.0 Å². The molecule has 0 saturated heterocycles. The van der Waals surface area contributed by atoms with E-state index < -0.39 is 0 Å². The van der Waals surface area contributed by atoms with E-state index in [9.17, 15) is 4.79 Å². The maximum Gasteiger partial charge on any atom is 0.193 e. The lowest BCUT2D eigenvalue weighted by molar-refractivity contribution is 0.482. The highest BCUT2D eigenvalue weighted by Gasteiger charge is 2.19. The zero-order valence-electron chi connectivity index (χ0n) is 15.6. The molecule has 0 spiro atoms. The van der Waals surface area contributed by atoms with E-state index in [0.717, 1.165) is 59.3 Å². The summed E-state index contributed by atoms with van der Waals surface area (Å²) >= 11 is 6.13. The molecule has 3 aromatic rings. The van der Waals surface area contributed by atoms with Crippen LogP contribution in [-0.4, -0.2) is 4.98 Å². The van der Waals surface area contributed by atoms with Gasteiger partial charge >= 0.3 is 0 Å². The number of benzene rings is 2. The van der Waals surface area contributed by atoms with Crippen LogP contribution in [0.5, 0.6) is 11.5 Å². The second-order valence-corrected chi connectivity index (χ2v) is 7.65. The maximum absolute atomic E-state index is 13.1. The van der Waals surface area contributed by atoms with Crippen molar-refractivity contribution in [2.24, 2.45) is 0 Å². The molecule has 138 valence electrons. The van der Waals surface area contributed by atoms with Crippen LogP contribution < -0.4 is 10.2 Å². The molecule has 0 radical (unpaired) electrons. The molecule has 4 heteroatoms. The molecule has 0 aliphatic heterocycles. The summed E-state index contributed by atoms with van der Waals surface area (Å²) in [7, 11) is 0. The molecule has 4 rings (SSSR count). The van der Waals surface area contributed by atoms with Gasteiger partial charge in [0.1, 0.15) is 11.5 Å². The molecule has 1 heterocycles. The minimum absolute atomic E-state index is 0.150. The first-order valence-corrected chi connectivity index (χ1v) is 9.69. The third-order valence-electron chi connectivity index (χ3n) is 5.06. The van der Waals surface area contributed by atoms with Crippen LogP contribution in [0, 0.1) is 13.8 Å². The first kappa shape index (κ1) is 17.9. The van der Waals surface area contributed by atoms with Crippen LogP contribution in [0.15, 0.2) is 47.3 Å². The predicted molar refractivity (Wildman–Crippen MR) is 110 cm³/mol. The minimum atomic E-state index is 0.150. The lowest BCUT2D eigenvalue weighted by Gasteiger charge is -2.18. The Balaban J connectivity index is 1.74. The fourth-order valence-corrected chi connectivity index (χ4v) is 4.14. The molecular formula is C23H22ClNO2. The summed E-state index contributed by atoms with van der Waals surface area (Å²) in [6, 6.07) is 13.3. The summed E-state index contributed by atoms with van der Waals surface area (Å²) in [5.41, 5.74) is 5.76. The SMILES string of the molecule is Cc1cc(Cl)cc(Oc2cccc(-c3c(C)[nH]c4c(c3=O)CCCC4)c2)c1. The summed E-state index contributed by atoms with van der Waals surface area (Å²) in [5.74, 6) is 1.37. The number of hydrogen-bond donors (Lipinski definition) is 1. The van der Waals surface area contributed by atoms with Crippen molar-refractivity contribution < 1.29 is 4.74 Å². The summed E-state index contributed by atoms with van der Waals surface area (Å²) < 4.78 is 6.00. The Kier molecular flexibility index (Phi) is 4.79. The van der Waals surface area contributed by atoms with E-state index in [1.165, 1.54) is 0 Å². The van der Waals surface area contributed by atoms with E-state index in [-0.39, 0.29) is 5.43 Å². The Morgan fingerprint density at radius 2 is 1.81 bits per heavy atom. The molecule has 0 amide bonds. The van der Waals surface area contributed by atoms with Crippen molar-refractivity contribution in [1.29, 1.82) is 0 Å². The van der Waals surface area contributed by atoms with Crippen molar-refractivity contribution in [3.05, 3.63) is 80.2 Å². The van der Waals surface area contributed by atoms with Gasteiger partial charge in [-0.2, -0.15) is 0 Å². The molecule has 0 fully saturated rings. The fourth-order valence-electron chi connectivity index (χ4n) is 3.86. The van der Waals surface area contributed by atoms with Crippen LogP contribution in [0.25, 0.3) is 11.1 Å². The van der Waals surface area contributed by atoms with Gasteiger partial charge in [0.25, 0.3) is 0 Å². The predicted octanol–water partition coefficient (Wildman–Crippen LogP) is 5.98. The molecule has 0 atom stereocenters. The minimum Gasteiger partial charge on any atom is -0.457 e. The van der Waals surface area contributed by atoms with Gasteiger partial charge in [0.05, 0.1) is 0 Å². The summed E-state index contributed by atoms with van der Waals surface area (Å²) in [6.07, 6.45) is 4.04. The van der Waals surface area contributed by atoms with E-state index in [0.29, 0.717) is 16.5 Å². The number of halogens is 1. The van der Waals surface area contributed by atoms with E-state index >= 15 is 0 Å². The number of H-pyrrole nitrogens is 1. The van der Waals surface area contributed by atoms with E-state index in [1.807, 2.05) is 50.2 Å². The van der Waals surface area contributed by atoms with Gasteiger partial charge in [-0.3, -0.25) is 4.79 Å². The Morgan fingerprint density at radius 1 is 1.00 bits per heavy atom. The second-order valence-electron chi connectivity index (χ2n) is 7.21.